The molecule has 0 aliphatic carbocycles. The molecular weight excluding hydrogens is 667 g/mol. The Balaban J connectivity index is 1.24. The standard InChI is InChI=1S/C53H33NO/c1-2-13-34(14-3-1)35-26-28-36(29-27-35)51-43-16-4-6-18-45(43)53(46-19-7-5-17-44(46)51)52-38(37-30-31-50-47(33-37)41-15-8-9-25-49(41)55-50)20-10-22-42(52)39-21-11-24-48-40(39)23-12-32-54-48/h1-33H. The lowest BCUT2D eigenvalue weighted by Gasteiger charge is -2.23. The molecule has 2 aromatic heterocycles. The summed E-state index contributed by atoms with van der Waals surface area (Å²) in [6.45, 7) is 0. The fraction of sp³-hybridized carbons (Fsp3) is 0. The number of para-hydroxylation sites is 1. The van der Waals surface area contributed by atoms with E-state index in [1.165, 1.54) is 66.1 Å². The molecule has 55 heavy (non-hydrogen) atoms. The summed E-state index contributed by atoms with van der Waals surface area (Å²) in [5.74, 6) is 0. The number of fused-ring (bicyclic) bond motifs is 6. The molecule has 0 fully saturated rings. The van der Waals surface area contributed by atoms with E-state index in [2.05, 4.69) is 176 Å². The van der Waals surface area contributed by atoms with Gasteiger partial charge in [-0.1, -0.05) is 164 Å². The van der Waals surface area contributed by atoms with Gasteiger partial charge in [0.25, 0.3) is 0 Å². The average molecular weight is 700 g/mol. The molecular formula is C53H33NO. The fourth-order valence-corrected chi connectivity index (χ4v) is 8.69. The first-order chi connectivity index (χ1) is 27.3. The molecule has 0 saturated heterocycles. The predicted octanol–water partition coefficient (Wildman–Crippen LogP) is 14.8. The molecule has 0 saturated carbocycles. The van der Waals surface area contributed by atoms with Crippen LogP contribution >= 0.6 is 0 Å². The van der Waals surface area contributed by atoms with Crippen LogP contribution in [0.25, 0.3) is 110 Å². The molecule has 0 radical (unpaired) electrons. The van der Waals surface area contributed by atoms with Crippen LogP contribution in [0.3, 0.4) is 0 Å². The Morgan fingerprint density at radius 3 is 1.60 bits per heavy atom. The van der Waals surface area contributed by atoms with Crippen molar-refractivity contribution in [3.63, 3.8) is 0 Å². The van der Waals surface area contributed by atoms with E-state index in [9.17, 15) is 0 Å². The van der Waals surface area contributed by atoms with Gasteiger partial charge < -0.3 is 4.42 Å². The molecule has 0 aliphatic heterocycles. The molecule has 2 heteroatoms. The Morgan fingerprint density at radius 2 is 0.836 bits per heavy atom. The highest BCUT2D eigenvalue weighted by atomic mass is 16.3. The number of pyridine rings is 1. The summed E-state index contributed by atoms with van der Waals surface area (Å²) in [6, 6.07) is 70.0. The zero-order valence-corrected chi connectivity index (χ0v) is 29.9. The predicted molar refractivity (Wildman–Crippen MR) is 231 cm³/mol. The van der Waals surface area contributed by atoms with Gasteiger partial charge in [0.1, 0.15) is 11.2 Å². The first-order valence-corrected chi connectivity index (χ1v) is 18.8. The van der Waals surface area contributed by atoms with Gasteiger partial charge in [-0.2, -0.15) is 0 Å². The minimum absolute atomic E-state index is 0.890. The molecule has 256 valence electrons. The Bertz CT molecular complexity index is 3180. The minimum Gasteiger partial charge on any atom is -0.456 e. The lowest BCUT2D eigenvalue weighted by molar-refractivity contribution is 0.669. The second-order valence-electron chi connectivity index (χ2n) is 14.2. The normalized spacial score (nSPS) is 11.6. The number of hydrogen-bond donors (Lipinski definition) is 0. The monoisotopic (exact) mass is 699 g/mol. The van der Waals surface area contributed by atoms with E-state index < -0.39 is 0 Å². The van der Waals surface area contributed by atoms with Crippen LogP contribution in [-0.2, 0) is 0 Å². The largest absolute Gasteiger partial charge is 0.456 e. The minimum atomic E-state index is 0.890. The van der Waals surface area contributed by atoms with Crippen LogP contribution < -0.4 is 0 Å². The van der Waals surface area contributed by atoms with Crippen LogP contribution in [0.4, 0.5) is 0 Å². The molecule has 11 aromatic rings. The fourth-order valence-electron chi connectivity index (χ4n) is 8.69. The van der Waals surface area contributed by atoms with E-state index >= 15 is 0 Å². The topological polar surface area (TPSA) is 26.0 Å². The molecule has 0 unspecified atom stereocenters. The van der Waals surface area contributed by atoms with Crippen molar-refractivity contribution < 1.29 is 4.42 Å². The van der Waals surface area contributed by atoms with Crippen molar-refractivity contribution >= 4 is 54.4 Å². The molecule has 2 heterocycles. The molecule has 0 amide bonds. The molecule has 9 aromatic carbocycles. The maximum absolute atomic E-state index is 6.30. The van der Waals surface area contributed by atoms with E-state index in [4.69, 9.17) is 9.40 Å². The van der Waals surface area contributed by atoms with E-state index in [0.717, 1.165) is 44.0 Å². The quantitative estimate of drug-likeness (QED) is 0.167. The number of aromatic nitrogens is 1. The smallest absolute Gasteiger partial charge is 0.135 e. The maximum atomic E-state index is 6.30. The summed E-state index contributed by atoms with van der Waals surface area (Å²) in [4.78, 5) is 4.77. The molecule has 0 aliphatic rings. The lowest BCUT2D eigenvalue weighted by Crippen LogP contribution is -1.96. The second kappa shape index (κ2) is 12.7. The zero-order chi connectivity index (χ0) is 36.3. The maximum Gasteiger partial charge on any atom is 0.135 e. The van der Waals surface area contributed by atoms with Crippen molar-refractivity contribution in [1.29, 1.82) is 0 Å². The third-order valence-electron chi connectivity index (χ3n) is 11.2. The first kappa shape index (κ1) is 31.3. The van der Waals surface area contributed by atoms with Crippen LogP contribution in [-0.4, -0.2) is 4.98 Å². The molecule has 0 atom stereocenters. The van der Waals surface area contributed by atoms with E-state index in [-0.39, 0.29) is 0 Å². The summed E-state index contributed by atoms with van der Waals surface area (Å²) in [7, 11) is 0. The number of benzene rings is 9. The van der Waals surface area contributed by atoms with Gasteiger partial charge in [0.2, 0.25) is 0 Å². The Kier molecular flexibility index (Phi) is 7.21. The highest BCUT2D eigenvalue weighted by Gasteiger charge is 2.23. The van der Waals surface area contributed by atoms with Gasteiger partial charge in [-0.3, -0.25) is 4.98 Å². The van der Waals surface area contributed by atoms with Crippen molar-refractivity contribution in [2.45, 2.75) is 0 Å². The van der Waals surface area contributed by atoms with Gasteiger partial charge >= 0.3 is 0 Å². The molecule has 11 rings (SSSR count). The van der Waals surface area contributed by atoms with Crippen LogP contribution in [0, 0.1) is 0 Å². The molecule has 0 N–H and O–H groups in total. The van der Waals surface area contributed by atoms with Crippen LogP contribution in [0.2, 0.25) is 0 Å². The van der Waals surface area contributed by atoms with Crippen molar-refractivity contribution in [1.82, 2.24) is 4.98 Å². The second-order valence-corrected chi connectivity index (χ2v) is 14.2. The number of rotatable bonds is 5. The molecule has 2 nitrogen and oxygen atoms in total. The molecule has 0 bridgehead atoms. The Morgan fingerprint density at radius 1 is 0.291 bits per heavy atom. The van der Waals surface area contributed by atoms with Crippen LogP contribution in [0.5, 0.6) is 0 Å². The van der Waals surface area contributed by atoms with Crippen LogP contribution in [0.1, 0.15) is 0 Å². The summed E-state index contributed by atoms with van der Waals surface area (Å²) in [5, 5.41) is 8.23. The summed E-state index contributed by atoms with van der Waals surface area (Å²) in [5.41, 5.74) is 14.7. The third-order valence-corrected chi connectivity index (χ3v) is 11.2. The Labute approximate surface area is 318 Å². The summed E-state index contributed by atoms with van der Waals surface area (Å²) >= 11 is 0. The Hall–Kier alpha value is -7.29. The van der Waals surface area contributed by atoms with Gasteiger partial charge in [-0.15, -0.1) is 0 Å². The van der Waals surface area contributed by atoms with E-state index in [0.29, 0.717) is 0 Å². The third kappa shape index (κ3) is 5.07. The van der Waals surface area contributed by atoms with Gasteiger partial charge in [-0.25, -0.2) is 0 Å². The highest BCUT2D eigenvalue weighted by molar-refractivity contribution is 6.24. The van der Waals surface area contributed by atoms with E-state index in [1.807, 2.05) is 24.4 Å². The lowest BCUT2D eigenvalue weighted by atomic mass is 9.80. The van der Waals surface area contributed by atoms with Crippen LogP contribution in [0.15, 0.2) is 205 Å². The van der Waals surface area contributed by atoms with Gasteiger partial charge in [-0.05, 0) is 108 Å². The first-order valence-electron chi connectivity index (χ1n) is 18.8. The van der Waals surface area contributed by atoms with E-state index in [1.54, 1.807) is 0 Å². The van der Waals surface area contributed by atoms with Crippen molar-refractivity contribution in [3.8, 4) is 55.6 Å². The van der Waals surface area contributed by atoms with Gasteiger partial charge in [0, 0.05) is 22.4 Å². The highest BCUT2D eigenvalue weighted by Crippen LogP contribution is 2.50. The average Bonchev–Trinajstić information content (AvgIpc) is 3.63. The van der Waals surface area contributed by atoms with Crippen molar-refractivity contribution in [2.75, 3.05) is 0 Å². The van der Waals surface area contributed by atoms with Gasteiger partial charge in [0.15, 0.2) is 0 Å². The van der Waals surface area contributed by atoms with Gasteiger partial charge in [0.05, 0.1) is 5.52 Å². The number of nitrogens with zero attached hydrogens (tertiary/aromatic N) is 1. The molecule has 0 spiro atoms. The SMILES string of the molecule is c1ccc(-c2ccc(-c3c4ccccc4c(-c4c(-c5ccc6oc7ccccc7c6c5)cccc4-c4cccc5ncccc45)c4ccccc34)cc2)cc1. The summed E-state index contributed by atoms with van der Waals surface area (Å²) < 4.78 is 6.30. The number of hydrogen-bond acceptors (Lipinski definition) is 2. The number of furan rings is 1. The van der Waals surface area contributed by atoms with Crippen molar-refractivity contribution in [3.05, 3.63) is 200 Å². The summed E-state index contributed by atoms with van der Waals surface area (Å²) in [6.07, 6.45) is 1.88. The zero-order valence-electron chi connectivity index (χ0n) is 29.9. The van der Waals surface area contributed by atoms with Crippen molar-refractivity contribution in [2.24, 2.45) is 0 Å².